The summed E-state index contributed by atoms with van der Waals surface area (Å²) in [7, 11) is -3.57. The summed E-state index contributed by atoms with van der Waals surface area (Å²) in [5.41, 5.74) is 1.01. The maximum absolute atomic E-state index is 12.6. The van der Waals surface area contributed by atoms with Gasteiger partial charge in [0.15, 0.2) is 11.2 Å². The third-order valence-electron chi connectivity index (χ3n) is 4.14. The van der Waals surface area contributed by atoms with Gasteiger partial charge < -0.3 is 9.32 Å². The number of aryl methyl sites for hydroxylation is 1. The molecule has 0 bridgehead atoms. The number of benzene rings is 1. The van der Waals surface area contributed by atoms with Gasteiger partial charge in [0, 0.05) is 19.2 Å². The van der Waals surface area contributed by atoms with E-state index < -0.39 is 15.9 Å². The van der Waals surface area contributed by atoms with Crippen molar-refractivity contribution in [2.45, 2.75) is 13.3 Å². The molecule has 1 aliphatic heterocycles. The molecule has 1 saturated heterocycles. The summed E-state index contributed by atoms with van der Waals surface area (Å²) in [6, 6.07) is 6.37. The van der Waals surface area contributed by atoms with Gasteiger partial charge in [-0.05, 0) is 37.0 Å². The second-order valence-corrected chi connectivity index (χ2v) is 7.87. The molecule has 1 atom stereocenters. The molecule has 1 aromatic heterocycles. The van der Waals surface area contributed by atoms with E-state index in [4.69, 9.17) is 9.56 Å². The van der Waals surface area contributed by atoms with Gasteiger partial charge in [0.1, 0.15) is 5.58 Å². The second-order valence-electron chi connectivity index (χ2n) is 6.21. The Balaban J connectivity index is 1.86. The number of carbonyl (C=O) groups is 1. The summed E-state index contributed by atoms with van der Waals surface area (Å²) >= 11 is 0. The Morgan fingerprint density at radius 1 is 1.38 bits per heavy atom. The number of likely N-dealkylation sites (tertiary alicyclic amines) is 1. The standard InChI is InChI=1S/C16H18N2O5S/c1-10-2-3-12-13(19)7-15(23-14(12)6-10)16(20)18-5-4-11(8-18)9-24(17,21)22/h2-3,6-7,11H,4-5,8-9H2,1H3,(H2,17,21,22). The number of carbonyl (C=O) groups excluding carboxylic acids is 1. The fraction of sp³-hybridized carbons (Fsp3) is 0.375. The van der Waals surface area contributed by atoms with E-state index in [2.05, 4.69) is 0 Å². The van der Waals surface area contributed by atoms with E-state index in [-0.39, 0.29) is 29.4 Å². The molecule has 3 rings (SSSR count). The van der Waals surface area contributed by atoms with Crippen molar-refractivity contribution in [3.8, 4) is 0 Å². The lowest BCUT2D eigenvalue weighted by Crippen LogP contribution is -2.31. The predicted octanol–water partition coefficient (Wildman–Crippen LogP) is 0.852. The van der Waals surface area contributed by atoms with E-state index in [0.29, 0.717) is 23.9 Å². The Bertz CT molecular complexity index is 964. The SMILES string of the molecule is Cc1ccc2c(=O)cc(C(=O)N3CCC(CS(N)(=O)=O)C3)oc2c1. The van der Waals surface area contributed by atoms with Crippen molar-refractivity contribution in [3.05, 3.63) is 45.8 Å². The second kappa shape index (κ2) is 6.03. The highest BCUT2D eigenvalue weighted by Gasteiger charge is 2.30. The fourth-order valence-corrected chi connectivity index (χ4v) is 3.93. The minimum Gasteiger partial charge on any atom is -0.451 e. The molecule has 24 heavy (non-hydrogen) atoms. The van der Waals surface area contributed by atoms with Gasteiger partial charge in [0.25, 0.3) is 5.91 Å². The Labute approximate surface area is 139 Å². The Morgan fingerprint density at radius 3 is 2.83 bits per heavy atom. The molecule has 2 heterocycles. The van der Waals surface area contributed by atoms with E-state index in [1.807, 2.05) is 6.92 Å². The van der Waals surface area contributed by atoms with Gasteiger partial charge in [-0.2, -0.15) is 0 Å². The molecule has 1 aliphatic rings. The van der Waals surface area contributed by atoms with Crippen LogP contribution in [-0.2, 0) is 10.0 Å². The van der Waals surface area contributed by atoms with Crippen molar-refractivity contribution in [2.75, 3.05) is 18.8 Å². The van der Waals surface area contributed by atoms with Crippen molar-refractivity contribution >= 4 is 26.9 Å². The van der Waals surface area contributed by atoms with E-state index in [0.717, 1.165) is 5.56 Å². The average Bonchev–Trinajstić information content (AvgIpc) is 2.92. The van der Waals surface area contributed by atoms with Crippen LogP contribution in [-0.4, -0.2) is 38.1 Å². The molecule has 7 nitrogen and oxygen atoms in total. The summed E-state index contributed by atoms with van der Waals surface area (Å²) < 4.78 is 27.9. The third kappa shape index (κ3) is 3.49. The highest BCUT2D eigenvalue weighted by atomic mass is 32.2. The summed E-state index contributed by atoms with van der Waals surface area (Å²) in [5.74, 6) is -0.794. The first-order chi connectivity index (χ1) is 11.2. The van der Waals surface area contributed by atoms with E-state index in [1.165, 1.54) is 11.0 Å². The summed E-state index contributed by atoms with van der Waals surface area (Å²) in [6.07, 6.45) is 0.555. The molecule has 2 aromatic rings. The number of nitrogens with two attached hydrogens (primary N) is 1. The zero-order chi connectivity index (χ0) is 17.5. The zero-order valence-corrected chi connectivity index (χ0v) is 14.0. The first-order valence-electron chi connectivity index (χ1n) is 7.57. The van der Waals surface area contributed by atoms with E-state index in [9.17, 15) is 18.0 Å². The number of amides is 1. The van der Waals surface area contributed by atoms with Gasteiger partial charge in [0.2, 0.25) is 10.0 Å². The molecule has 0 aliphatic carbocycles. The number of primary sulfonamides is 1. The molecule has 0 spiro atoms. The van der Waals surface area contributed by atoms with Crippen LogP contribution in [0.1, 0.15) is 22.5 Å². The van der Waals surface area contributed by atoms with Crippen LogP contribution in [0.3, 0.4) is 0 Å². The topological polar surface area (TPSA) is 111 Å². The van der Waals surface area contributed by atoms with Gasteiger partial charge in [-0.25, -0.2) is 13.6 Å². The maximum atomic E-state index is 12.6. The van der Waals surface area contributed by atoms with Gasteiger partial charge >= 0.3 is 0 Å². The normalized spacial score (nSPS) is 18.2. The quantitative estimate of drug-likeness (QED) is 0.882. The van der Waals surface area contributed by atoms with Crippen LogP contribution in [0.15, 0.2) is 33.5 Å². The minimum absolute atomic E-state index is 0.0330. The summed E-state index contributed by atoms with van der Waals surface area (Å²) in [4.78, 5) is 26.2. The largest absolute Gasteiger partial charge is 0.451 e. The average molecular weight is 350 g/mol. The Kier molecular flexibility index (Phi) is 4.18. The van der Waals surface area contributed by atoms with Crippen LogP contribution >= 0.6 is 0 Å². The highest BCUT2D eigenvalue weighted by Crippen LogP contribution is 2.21. The van der Waals surface area contributed by atoms with Crippen LogP contribution in [0.5, 0.6) is 0 Å². The van der Waals surface area contributed by atoms with Gasteiger partial charge in [-0.15, -0.1) is 0 Å². The first kappa shape index (κ1) is 16.7. The third-order valence-corrected chi connectivity index (χ3v) is 5.07. The fourth-order valence-electron chi connectivity index (χ4n) is 3.01. The lowest BCUT2D eigenvalue weighted by atomic mass is 10.1. The Morgan fingerprint density at radius 2 is 2.12 bits per heavy atom. The molecule has 1 unspecified atom stereocenters. The monoisotopic (exact) mass is 350 g/mol. The lowest BCUT2D eigenvalue weighted by Gasteiger charge is -2.15. The van der Waals surface area contributed by atoms with Crippen LogP contribution in [0.25, 0.3) is 11.0 Å². The zero-order valence-electron chi connectivity index (χ0n) is 13.2. The molecule has 0 saturated carbocycles. The first-order valence-corrected chi connectivity index (χ1v) is 9.29. The van der Waals surface area contributed by atoms with Crippen molar-refractivity contribution < 1.29 is 17.6 Å². The van der Waals surface area contributed by atoms with E-state index in [1.54, 1.807) is 18.2 Å². The number of nitrogens with zero attached hydrogens (tertiary/aromatic N) is 1. The van der Waals surface area contributed by atoms with Gasteiger partial charge in [-0.1, -0.05) is 6.07 Å². The number of hydrogen-bond acceptors (Lipinski definition) is 5. The number of sulfonamides is 1. The molecule has 1 fully saturated rings. The smallest absolute Gasteiger partial charge is 0.289 e. The molecular weight excluding hydrogens is 332 g/mol. The lowest BCUT2D eigenvalue weighted by molar-refractivity contribution is 0.0757. The van der Waals surface area contributed by atoms with E-state index >= 15 is 0 Å². The minimum atomic E-state index is -3.57. The molecule has 2 N–H and O–H groups in total. The molecule has 1 amide bonds. The predicted molar refractivity (Wildman–Crippen MR) is 89.2 cm³/mol. The van der Waals surface area contributed by atoms with Crippen molar-refractivity contribution in [1.29, 1.82) is 0 Å². The molecule has 128 valence electrons. The van der Waals surface area contributed by atoms with Crippen LogP contribution in [0, 0.1) is 12.8 Å². The summed E-state index contributed by atoms with van der Waals surface area (Å²) in [5, 5.41) is 5.48. The molecular formula is C16H18N2O5S. The van der Waals surface area contributed by atoms with Crippen molar-refractivity contribution in [2.24, 2.45) is 11.1 Å². The van der Waals surface area contributed by atoms with Crippen molar-refractivity contribution in [3.63, 3.8) is 0 Å². The maximum Gasteiger partial charge on any atom is 0.289 e. The molecule has 1 aromatic carbocycles. The number of hydrogen-bond donors (Lipinski definition) is 1. The number of rotatable bonds is 3. The molecule has 8 heteroatoms. The summed E-state index contributed by atoms with van der Waals surface area (Å²) in [6.45, 7) is 2.56. The van der Waals surface area contributed by atoms with Gasteiger partial charge in [-0.3, -0.25) is 9.59 Å². The van der Waals surface area contributed by atoms with Crippen molar-refractivity contribution in [1.82, 2.24) is 4.90 Å². The number of fused-ring (bicyclic) bond motifs is 1. The van der Waals surface area contributed by atoms with Gasteiger partial charge in [0.05, 0.1) is 11.1 Å². The molecule has 0 radical (unpaired) electrons. The van der Waals surface area contributed by atoms with Crippen LogP contribution in [0.2, 0.25) is 0 Å². The van der Waals surface area contributed by atoms with Crippen LogP contribution in [0.4, 0.5) is 0 Å². The Hall–Kier alpha value is -2.19. The van der Waals surface area contributed by atoms with Crippen LogP contribution < -0.4 is 10.6 Å². The highest BCUT2D eigenvalue weighted by molar-refractivity contribution is 7.89.